The Kier molecular flexibility index (Phi) is 3.52. The molecule has 0 heterocycles. The highest BCUT2D eigenvalue weighted by Gasteiger charge is 2.15. The fraction of sp³-hybridized carbons (Fsp3) is 0.300. The second kappa shape index (κ2) is 4.49. The molecule has 0 aliphatic rings. The first-order chi connectivity index (χ1) is 6.91. The third-order valence-electron chi connectivity index (χ3n) is 1.61. The fourth-order valence-electron chi connectivity index (χ4n) is 1.04. The fourth-order valence-corrected chi connectivity index (χ4v) is 1.24. The van der Waals surface area contributed by atoms with Crippen LogP contribution < -0.4 is 4.74 Å². The van der Waals surface area contributed by atoms with E-state index in [9.17, 15) is 9.18 Å². The van der Waals surface area contributed by atoms with Gasteiger partial charge in [0.2, 0.25) is 0 Å². The molecule has 0 aliphatic heterocycles. The van der Waals surface area contributed by atoms with Crippen LogP contribution in [0.4, 0.5) is 4.39 Å². The van der Waals surface area contributed by atoms with Gasteiger partial charge in [0.15, 0.2) is 0 Å². The molecule has 15 heavy (non-hydrogen) atoms. The zero-order chi connectivity index (χ0) is 11.6. The number of ether oxygens (including phenoxy) is 1. The van der Waals surface area contributed by atoms with Crippen LogP contribution in [0.25, 0.3) is 0 Å². The lowest BCUT2D eigenvalue weighted by molar-refractivity contribution is 0.0692. The Morgan fingerprint density at radius 2 is 2.13 bits per heavy atom. The molecule has 1 N–H and O–H groups in total. The highest BCUT2D eigenvalue weighted by Crippen LogP contribution is 2.28. The summed E-state index contributed by atoms with van der Waals surface area (Å²) < 4.78 is 18.4. The van der Waals surface area contributed by atoms with Gasteiger partial charge in [-0.15, -0.1) is 0 Å². The van der Waals surface area contributed by atoms with Crippen molar-refractivity contribution < 1.29 is 19.0 Å². The van der Waals surface area contributed by atoms with E-state index in [1.807, 2.05) is 0 Å². The average Bonchev–Trinajstić information content (AvgIpc) is 2.09. The quantitative estimate of drug-likeness (QED) is 0.872. The summed E-state index contributed by atoms with van der Waals surface area (Å²) in [6, 6.07) is 2.02. The molecule has 3 nitrogen and oxygen atoms in total. The lowest BCUT2D eigenvalue weighted by Crippen LogP contribution is -2.08. The number of hydrogen-bond donors (Lipinski definition) is 1. The number of carboxylic acid groups (broad SMARTS) is 1. The van der Waals surface area contributed by atoms with Crippen molar-refractivity contribution in [2.75, 3.05) is 0 Å². The lowest BCUT2D eigenvalue weighted by atomic mass is 10.2. The number of hydrogen-bond acceptors (Lipinski definition) is 2. The summed E-state index contributed by atoms with van der Waals surface area (Å²) in [6.45, 7) is 3.53. The molecule has 0 aromatic heterocycles. The molecule has 0 saturated carbocycles. The van der Waals surface area contributed by atoms with Crippen LogP contribution in [0.5, 0.6) is 5.75 Å². The standard InChI is InChI=1S/C10H10ClFO3/c1-5(2)15-9-4-8(12)6(10(13)14)3-7(9)11/h3-5H,1-2H3,(H,13,14). The predicted molar refractivity (Wildman–Crippen MR) is 54.1 cm³/mol. The SMILES string of the molecule is CC(C)Oc1cc(F)c(C(=O)O)cc1Cl. The van der Waals surface area contributed by atoms with Crippen LogP contribution >= 0.6 is 11.6 Å². The van der Waals surface area contributed by atoms with E-state index in [0.717, 1.165) is 12.1 Å². The van der Waals surface area contributed by atoms with Crippen LogP contribution in [-0.4, -0.2) is 17.2 Å². The second-order valence-electron chi connectivity index (χ2n) is 3.23. The highest BCUT2D eigenvalue weighted by atomic mass is 35.5. The average molecular weight is 233 g/mol. The molecule has 5 heteroatoms. The van der Waals surface area contributed by atoms with Gasteiger partial charge in [0, 0.05) is 6.07 Å². The lowest BCUT2D eigenvalue weighted by Gasteiger charge is -2.11. The van der Waals surface area contributed by atoms with Crippen LogP contribution in [0, 0.1) is 5.82 Å². The molecule has 82 valence electrons. The molecule has 0 spiro atoms. The monoisotopic (exact) mass is 232 g/mol. The number of carboxylic acids is 1. The minimum Gasteiger partial charge on any atom is -0.489 e. The van der Waals surface area contributed by atoms with Crippen LogP contribution in [0.1, 0.15) is 24.2 Å². The van der Waals surface area contributed by atoms with Gasteiger partial charge < -0.3 is 9.84 Å². The third-order valence-corrected chi connectivity index (χ3v) is 1.91. The van der Waals surface area contributed by atoms with E-state index in [4.69, 9.17) is 21.4 Å². The van der Waals surface area contributed by atoms with Crippen molar-refractivity contribution in [1.82, 2.24) is 0 Å². The Morgan fingerprint density at radius 1 is 1.53 bits per heavy atom. The van der Waals surface area contributed by atoms with Crippen molar-refractivity contribution in [3.8, 4) is 5.75 Å². The van der Waals surface area contributed by atoms with Gasteiger partial charge in [-0.25, -0.2) is 9.18 Å². The number of aromatic carboxylic acids is 1. The molecule has 0 atom stereocenters. The largest absolute Gasteiger partial charge is 0.489 e. The summed E-state index contributed by atoms with van der Waals surface area (Å²) in [5.74, 6) is -2.07. The maximum Gasteiger partial charge on any atom is 0.338 e. The molecular weight excluding hydrogens is 223 g/mol. The first kappa shape index (κ1) is 11.8. The van der Waals surface area contributed by atoms with Crippen molar-refractivity contribution in [3.63, 3.8) is 0 Å². The van der Waals surface area contributed by atoms with Crippen molar-refractivity contribution in [2.24, 2.45) is 0 Å². The number of carbonyl (C=O) groups is 1. The maximum atomic E-state index is 13.2. The maximum absolute atomic E-state index is 13.2. The molecule has 1 rings (SSSR count). The summed E-state index contributed by atoms with van der Waals surface area (Å²) in [7, 11) is 0. The van der Waals surface area contributed by atoms with E-state index in [0.29, 0.717) is 0 Å². The zero-order valence-corrected chi connectivity index (χ0v) is 9.01. The Bertz CT molecular complexity index is 390. The van der Waals surface area contributed by atoms with Crippen molar-refractivity contribution in [3.05, 3.63) is 28.5 Å². The molecule has 0 unspecified atom stereocenters. The molecule has 0 fully saturated rings. The molecule has 0 aliphatic carbocycles. The first-order valence-corrected chi connectivity index (χ1v) is 4.68. The minimum atomic E-state index is -1.36. The van der Waals surface area contributed by atoms with E-state index >= 15 is 0 Å². The first-order valence-electron chi connectivity index (χ1n) is 4.30. The number of halogens is 2. The van der Waals surface area contributed by atoms with Crippen molar-refractivity contribution in [1.29, 1.82) is 0 Å². The van der Waals surface area contributed by atoms with Crippen LogP contribution in [-0.2, 0) is 0 Å². The molecule has 1 aromatic rings. The Morgan fingerprint density at radius 3 is 2.60 bits per heavy atom. The summed E-state index contributed by atoms with van der Waals surface area (Å²) >= 11 is 5.73. The minimum absolute atomic E-state index is 0.0856. The molecule has 0 amide bonds. The number of benzene rings is 1. The predicted octanol–water partition coefficient (Wildman–Crippen LogP) is 2.96. The van der Waals surface area contributed by atoms with Gasteiger partial charge in [-0.05, 0) is 19.9 Å². The van der Waals surface area contributed by atoms with Crippen molar-refractivity contribution >= 4 is 17.6 Å². The van der Waals surface area contributed by atoms with Gasteiger partial charge in [-0.2, -0.15) is 0 Å². The molecule has 1 aromatic carbocycles. The topological polar surface area (TPSA) is 46.5 Å². The highest BCUT2D eigenvalue weighted by molar-refractivity contribution is 6.32. The molecule has 0 bridgehead atoms. The van der Waals surface area contributed by atoms with E-state index in [1.165, 1.54) is 0 Å². The van der Waals surface area contributed by atoms with Gasteiger partial charge in [0.1, 0.15) is 11.6 Å². The Hall–Kier alpha value is -1.29. The van der Waals surface area contributed by atoms with Gasteiger partial charge in [-0.1, -0.05) is 11.6 Å². The van der Waals surface area contributed by atoms with Crippen LogP contribution in [0.2, 0.25) is 5.02 Å². The smallest absolute Gasteiger partial charge is 0.338 e. The van der Waals surface area contributed by atoms with Gasteiger partial charge in [-0.3, -0.25) is 0 Å². The van der Waals surface area contributed by atoms with E-state index in [1.54, 1.807) is 13.8 Å². The summed E-state index contributed by atoms with van der Waals surface area (Å²) in [4.78, 5) is 10.6. The van der Waals surface area contributed by atoms with Crippen LogP contribution in [0.15, 0.2) is 12.1 Å². The number of rotatable bonds is 3. The normalized spacial score (nSPS) is 10.5. The van der Waals surface area contributed by atoms with Crippen molar-refractivity contribution in [2.45, 2.75) is 20.0 Å². The van der Waals surface area contributed by atoms with E-state index < -0.39 is 17.3 Å². The van der Waals surface area contributed by atoms with Gasteiger partial charge >= 0.3 is 5.97 Å². The Labute approximate surface area is 91.4 Å². The summed E-state index contributed by atoms with van der Waals surface area (Å²) in [5, 5.41) is 8.71. The van der Waals surface area contributed by atoms with Crippen LogP contribution in [0.3, 0.4) is 0 Å². The molecule has 0 radical (unpaired) electrons. The zero-order valence-electron chi connectivity index (χ0n) is 8.25. The van der Waals surface area contributed by atoms with E-state index in [-0.39, 0.29) is 16.9 Å². The second-order valence-corrected chi connectivity index (χ2v) is 3.64. The Balaban J connectivity index is 3.13. The third kappa shape index (κ3) is 2.83. The van der Waals surface area contributed by atoms with E-state index in [2.05, 4.69) is 0 Å². The van der Waals surface area contributed by atoms with Gasteiger partial charge in [0.25, 0.3) is 0 Å². The summed E-state index contributed by atoms with van der Waals surface area (Å²) in [5.41, 5.74) is -0.462. The summed E-state index contributed by atoms with van der Waals surface area (Å²) in [6.07, 6.45) is -0.155. The molecular formula is C10H10ClFO3. The van der Waals surface area contributed by atoms with Gasteiger partial charge in [0.05, 0.1) is 16.7 Å². The molecule has 0 saturated heterocycles.